The number of nitrogens with two attached hydrogens (primary N) is 1. The molecule has 1 saturated heterocycles. The number of amides is 1. The third kappa shape index (κ3) is 4.93. The molecule has 2 N–H and O–H groups in total. The van der Waals surface area contributed by atoms with Crippen LogP contribution in [0.15, 0.2) is 24.3 Å². The fourth-order valence-electron chi connectivity index (χ4n) is 2.68. The van der Waals surface area contributed by atoms with Crippen LogP contribution in [0.2, 0.25) is 0 Å². The number of methoxy groups -OCH3 is 1. The molecule has 1 amide bonds. The van der Waals surface area contributed by atoms with Crippen molar-refractivity contribution in [1.29, 1.82) is 0 Å². The molecule has 116 valence electrons. The van der Waals surface area contributed by atoms with Crippen molar-refractivity contribution in [2.24, 2.45) is 5.92 Å². The molecule has 5 heteroatoms. The van der Waals surface area contributed by atoms with E-state index < -0.39 is 0 Å². The van der Waals surface area contributed by atoms with Gasteiger partial charge < -0.3 is 20.1 Å². The van der Waals surface area contributed by atoms with Crippen molar-refractivity contribution in [2.75, 3.05) is 39.1 Å². The molecule has 1 unspecified atom stereocenters. The lowest BCUT2D eigenvalue weighted by Crippen LogP contribution is -2.41. The Balaban J connectivity index is 1.74. The Morgan fingerprint density at radius 3 is 3.10 bits per heavy atom. The van der Waals surface area contributed by atoms with Gasteiger partial charge in [-0.2, -0.15) is 0 Å². The minimum Gasteiger partial charge on any atom is -0.493 e. The maximum atomic E-state index is 12.2. The molecule has 1 heterocycles. The van der Waals surface area contributed by atoms with E-state index in [2.05, 4.69) is 0 Å². The van der Waals surface area contributed by atoms with Crippen molar-refractivity contribution < 1.29 is 14.3 Å². The van der Waals surface area contributed by atoms with Gasteiger partial charge in [-0.15, -0.1) is 0 Å². The number of carbonyl (C=O) groups excluding carboxylic acids is 1. The molecule has 1 aromatic carbocycles. The molecule has 0 bridgehead atoms. The molecule has 1 aliphatic rings. The summed E-state index contributed by atoms with van der Waals surface area (Å²) in [5.41, 5.74) is 6.35. The summed E-state index contributed by atoms with van der Waals surface area (Å²) in [6.45, 7) is 2.75. The number of nitrogen functional groups attached to an aromatic ring is 1. The summed E-state index contributed by atoms with van der Waals surface area (Å²) in [6, 6.07) is 7.25. The van der Waals surface area contributed by atoms with Gasteiger partial charge in [-0.05, 0) is 30.9 Å². The van der Waals surface area contributed by atoms with Crippen LogP contribution in [-0.2, 0) is 9.53 Å². The predicted molar refractivity (Wildman–Crippen MR) is 82.1 cm³/mol. The largest absolute Gasteiger partial charge is 0.493 e. The van der Waals surface area contributed by atoms with Crippen molar-refractivity contribution in [3.8, 4) is 5.75 Å². The molecule has 1 aromatic rings. The summed E-state index contributed by atoms with van der Waals surface area (Å²) in [5.74, 6) is 1.32. The van der Waals surface area contributed by atoms with Gasteiger partial charge in [-0.3, -0.25) is 4.79 Å². The molecule has 1 fully saturated rings. The van der Waals surface area contributed by atoms with Crippen LogP contribution in [0.3, 0.4) is 0 Å². The maximum absolute atomic E-state index is 12.2. The van der Waals surface area contributed by atoms with Crippen LogP contribution in [0.25, 0.3) is 0 Å². The normalized spacial score (nSPS) is 18.5. The van der Waals surface area contributed by atoms with Gasteiger partial charge in [0.25, 0.3) is 0 Å². The Bertz CT molecular complexity index is 463. The van der Waals surface area contributed by atoms with E-state index in [-0.39, 0.29) is 5.91 Å². The second kappa shape index (κ2) is 7.88. The molecular formula is C16H24N2O3. The highest BCUT2D eigenvalue weighted by atomic mass is 16.5. The van der Waals surface area contributed by atoms with Crippen LogP contribution in [0.1, 0.15) is 19.3 Å². The molecule has 5 nitrogen and oxygen atoms in total. The lowest BCUT2D eigenvalue weighted by atomic mass is 9.99. The number of benzene rings is 1. The van der Waals surface area contributed by atoms with Gasteiger partial charge in [0.05, 0.1) is 19.6 Å². The maximum Gasteiger partial charge on any atom is 0.226 e. The Hall–Kier alpha value is -1.75. The standard InChI is InChI=1S/C16H24N2O3/c1-20-12-13-4-3-8-18(11-13)16(19)7-9-21-15-6-2-5-14(17)10-15/h2,5-6,10,13H,3-4,7-9,11-12,17H2,1H3. The van der Waals surface area contributed by atoms with Gasteiger partial charge in [-0.25, -0.2) is 0 Å². The van der Waals surface area contributed by atoms with Crippen molar-refractivity contribution >= 4 is 11.6 Å². The van der Waals surface area contributed by atoms with Gasteiger partial charge in [-0.1, -0.05) is 6.07 Å². The summed E-state index contributed by atoms with van der Waals surface area (Å²) in [5, 5.41) is 0. The van der Waals surface area contributed by atoms with Crippen molar-refractivity contribution in [2.45, 2.75) is 19.3 Å². The fraction of sp³-hybridized carbons (Fsp3) is 0.562. The number of likely N-dealkylation sites (tertiary alicyclic amines) is 1. The highest BCUT2D eigenvalue weighted by molar-refractivity contribution is 5.76. The Morgan fingerprint density at radius 2 is 2.33 bits per heavy atom. The lowest BCUT2D eigenvalue weighted by Gasteiger charge is -2.32. The van der Waals surface area contributed by atoms with E-state index in [1.807, 2.05) is 23.1 Å². The van der Waals surface area contributed by atoms with Gasteiger partial charge in [0, 0.05) is 32.0 Å². The van der Waals surface area contributed by atoms with E-state index in [1.54, 1.807) is 13.2 Å². The van der Waals surface area contributed by atoms with E-state index in [9.17, 15) is 4.79 Å². The Kier molecular flexibility index (Phi) is 5.87. The lowest BCUT2D eigenvalue weighted by molar-refractivity contribution is -0.133. The molecule has 0 radical (unpaired) electrons. The zero-order chi connectivity index (χ0) is 15.1. The van der Waals surface area contributed by atoms with E-state index in [1.165, 1.54) is 0 Å². The molecule has 1 atom stereocenters. The number of nitrogens with zero attached hydrogens (tertiary/aromatic N) is 1. The number of ether oxygens (including phenoxy) is 2. The Morgan fingerprint density at radius 1 is 1.48 bits per heavy atom. The molecule has 0 spiro atoms. The van der Waals surface area contributed by atoms with Gasteiger partial charge in [0.1, 0.15) is 5.75 Å². The SMILES string of the molecule is COCC1CCCN(C(=O)CCOc2cccc(N)c2)C1. The second-order valence-electron chi connectivity index (χ2n) is 5.47. The first-order chi connectivity index (χ1) is 10.2. The fourth-order valence-corrected chi connectivity index (χ4v) is 2.68. The minimum absolute atomic E-state index is 0.153. The van der Waals surface area contributed by atoms with Crippen LogP contribution in [0.4, 0.5) is 5.69 Å². The van der Waals surface area contributed by atoms with Crippen molar-refractivity contribution in [1.82, 2.24) is 4.90 Å². The van der Waals surface area contributed by atoms with E-state index >= 15 is 0 Å². The van der Waals surface area contributed by atoms with Gasteiger partial charge in [0.15, 0.2) is 0 Å². The molecule has 1 aliphatic heterocycles. The van der Waals surface area contributed by atoms with E-state index in [0.29, 0.717) is 30.4 Å². The van der Waals surface area contributed by atoms with Crippen LogP contribution < -0.4 is 10.5 Å². The third-order valence-electron chi connectivity index (χ3n) is 3.72. The highest BCUT2D eigenvalue weighted by Crippen LogP contribution is 2.18. The van der Waals surface area contributed by atoms with E-state index in [4.69, 9.17) is 15.2 Å². The summed E-state index contributed by atoms with van der Waals surface area (Å²) < 4.78 is 10.8. The smallest absolute Gasteiger partial charge is 0.226 e. The number of hydrogen-bond donors (Lipinski definition) is 1. The second-order valence-corrected chi connectivity index (χ2v) is 5.47. The number of rotatable bonds is 6. The van der Waals surface area contributed by atoms with Crippen molar-refractivity contribution in [3.63, 3.8) is 0 Å². The molecule has 0 saturated carbocycles. The van der Waals surface area contributed by atoms with Gasteiger partial charge >= 0.3 is 0 Å². The summed E-state index contributed by atoms with van der Waals surface area (Å²) in [6.07, 6.45) is 2.59. The average molecular weight is 292 g/mol. The van der Waals surface area contributed by atoms with Crippen LogP contribution >= 0.6 is 0 Å². The van der Waals surface area contributed by atoms with Crippen LogP contribution in [0, 0.1) is 5.92 Å². The van der Waals surface area contributed by atoms with E-state index in [0.717, 1.165) is 32.5 Å². The average Bonchev–Trinajstić information content (AvgIpc) is 2.48. The monoisotopic (exact) mass is 292 g/mol. The number of carbonyl (C=O) groups is 1. The quantitative estimate of drug-likeness (QED) is 0.814. The molecule has 21 heavy (non-hydrogen) atoms. The third-order valence-corrected chi connectivity index (χ3v) is 3.72. The first-order valence-corrected chi connectivity index (χ1v) is 7.44. The van der Waals surface area contributed by atoms with Crippen LogP contribution in [0.5, 0.6) is 5.75 Å². The van der Waals surface area contributed by atoms with Gasteiger partial charge in [0.2, 0.25) is 5.91 Å². The van der Waals surface area contributed by atoms with Crippen molar-refractivity contribution in [3.05, 3.63) is 24.3 Å². The summed E-state index contributed by atoms with van der Waals surface area (Å²) in [4.78, 5) is 14.1. The summed E-state index contributed by atoms with van der Waals surface area (Å²) >= 11 is 0. The number of hydrogen-bond acceptors (Lipinski definition) is 4. The topological polar surface area (TPSA) is 64.8 Å². The number of piperidine rings is 1. The molecule has 0 aromatic heterocycles. The zero-order valence-corrected chi connectivity index (χ0v) is 12.6. The van der Waals surface area contributed by atoms with Crippen LogP contribution in [-0.4, -0.2) is 44.2 Å². The molecule has 0 aliphatic carbocycles. The first-order valence-electron chi connectivity index (χ1n) is 7.44. The Labute approximate surface area is 126 Å². The number of anilines is 1. The summed E-state index contributed by atoms with van der Waals surface area (Å²) in [7, 11) is 1.71. The first kappa shape index (κ1) is 15.6. The minimum atomic E-state index is 0.153. The molecular weight excluding hydrogens is 268 g/mol. The highest BCUT2D eigenvalue weighted by Gasteiger charge is 2.23. The molecule has 2 rings (SSSR count). The predicted octanol–water partition coefficient (Wildman–Crippen LogP) is 1.92. The zero-order valence-electron chi connectivity index (χ0n) is 12.6.